The highest BCUT2D eigenvalue weighted by atomic mass is 32.2. The Morgan fingerprint density at radius 3 is 2.31 bits per heavy atom. The van der Waals surface area contributed by atoms with Gasteiger partial charge in [-0.05, 0) is 19.3 Å². The van der Waals surface area contributed by atoms with Crippen molar-refractivity contribution < 1.29 is 0 Å². The van der Waals surface area contributed by atoms with E-state index in [2.05, 4.69) is 39.5 Å². The Kier molecular flexibility index (Phi) is 3.29. The van der Waals surface area contributed by atoms with Crippen molar-refractivity contribution in [3.63, 3.8) is 0 Å². The van der Waals surface area contributed by atoms with E-state index in [1.807, 2.05) is 11.8 Å². The first-order valence-corrected chi connectivity index (χ1v) is 6.18. The number of rotatable bonds is 1. The van der Waals surface area contributed by atoms with Crippen LogP contribution in [0.5, 0.6) is 0 Å². The van der Waals surface area contributed by atoms with Gasteiger partial charge in [0.2, 0.25) is 0 Å². The van der Waals surface area contributed by atoms with Gasteiger partial charge in [0.25, 0.3) is 0 Å². The van der Waals surface area contributed by atoms with Crippen LogP contribution in [0.2, 0.25) is 0 Å². The van der Waals surface area contributed by atoms with Gasteiger partial charge in [0.05, 0.1) is 0 Å². The Morgan fingerprint density at radius 2 is 2.00 bits per heavy atom. The van der Waals surface area contributed by atoms with Crippen molar-refractivity contribution in [1.82, 2.24) is 4.90 Å². The first-order valence-electron chi connectivity index (χ1n) is 4.79. The molecule has 1 rings (SSSR count). The Morgan fingerprint density at radius 1 is 1.46 bits per heavy atom. The molecule has 0 amide bonds. The molecule has 1 aliphatic heterocycles. The zero-order valence-corrected chi connectivity index (χ0v) is 10.8. The van der Waals surface area contributed by atoms with Gasteiger partial charge in [0, 0.05) is 17.8 Å². The molecule has 0 aromatic carbocycles. The number of hydrogen-bond acceptors (Lipinski definition) is 2. The van der Waals surface area contributed by atoms with E-state index in [0.717, 1.165) is 10.1 Å². The fourth-order valence-corrected chi connectivity index (χ4v) is 3.66. The van der Waals surface area contributed by atoms with Crippen molar-refractivity contribution in [1.29, 1.82) is 0 Å². The Hall–Kier alpha value is 0.240. The lowest BCUT2D eigenvalue weighted by atomic mass is 9.86. The second kappa shape index (κ2) is 3.77. The average Bonchev–Trinajstić information content (AvgIpc) is 2.28. The number of nitrogens with zero attached hydrogens (tertiary/aromatic N) is 1. The third kappa shape index (κ3) is 2.38. The second-order valence-corrected chi connectivity index (χ2v) is 6.61. The summed E-state index contributed by atoms with van der Waals surface area (Å²) in [4.78, 5) is 2.39. The molecule has 0 N–H and O–H groups in total. The van der Waals surface area contributed by atoms with E-state index in [4.69, 9.17) is 12.2 Å². The van der Waals surface area contributed by atoms with Crippen LogP contribution in [0.15, 0.2) is 0 Å². The van der Waals surface area contributed by atoms with Crippen molar-refractivity contribution >= 4 is 28.3 Å². The van der Waals surface area contributed by atoms with E-state index in [-0.39, 0.29) is 0 Å². The van der Waals surface area contributed by atoms with Crippen LogP contribution >= 0.6 is 24.0 Å². The molecule has 1 atom stereocenters. The zero-order valence-electron chi connectivity index (χ0n) is 9.13. The maximum absolute atomic E-state index is 5.35. The molecular formula is C10H19NS2. The first kappa shape index (κ1) is 11.3. The summed E-state index contributed by atoms with van der Waals surface area (Å²) in [6, 6.07) is 1.14. The summed E-state index contributed by atoms with van der Waals surface area (Å²) >= 11 is 7.18. The van der Waals surface area contributed by atoms with Crippen LogP contribution in [0, 0.1) is 5.41 Å². The van der Waals surface area contributed by atoms with Crippen LogP contribution in [0.4, 0.5) is 0 Å². The third-order valence-corrected chi connectivity index (χ3v) is 3.97. The van der Waals surface area contributed by atoms with Gasteiger partial charge < -0.3 is 4.90 Å². The largest absolute Gasteiger partial charge is 0.351 e. The summed E-state index contributed by atoms with van der Waals surface area (Å²) in [5.74, 6) is 1.15. The van der Waals surface area contributed by atoms with E-state index < -0.39 is 0 Å². The van der Waals surface area contributed by atoms with Crippen LogP contribution in [0.3, 0.4) is 0 Å². The van der Waals surface area contributed by atoms with Gasteiger partial charge in [-0.3, -0.25) is 0 Å². The van der Waals surface area contributed by atoms with E-state index in [1.165, 1.54) is 0 Å². The third-order valence-electron chi connectivity index (χ3n) is 2.47. The highest BCUT2D eigenvalue weighted by Crippen LogP contribution is 2.36. The standard InChI is InChI=1S/C10H19NS2/c1-7(2)11-8(10(3,4)5)6-13-9(11)12/h7-8H,6H2,1-5H3/t8-/m0/s1. The van der Waals surface area contributed by atoms with E-state index in [1.54, 1.807) is 0 Å². The molecule has 1 saturated heterocycles. The molecule has 1 aliphatic rings. The van der Waals surface area contributed by atoms with Gasteiger partial charge in [-0.25, -0.2) is 0 Å². The SMILES string of the molecule is CC(C)N1C(=S)SC[C@H]1C(C)(C)C. The van der Waals surface area contributed by atoms with Crippen molar-refractivity contribution in [2.24, 2.45) is 5.41 Å². The molecule has 0 saturated carbocycles. The molecule has 0 unspecified atom stereocenters. The summed E-state index contributed by atoms with van der Waals surface area (Å²) in [5, 5.41) is 0. The lowest BCUT2D eigenvalue weighted by Gasteiger charge is -2.37. The molecule has 76 valence electrons. The van der Waals surface area contributed by atoms with Crippen LogP contribution in [-0.2, 0) is 0 Å². The summed E-state index contributed by atoms with van der Waals surface area (Å²) in [5.41, 5.74) is 0.331. The second-order valence-electron chi connectivity index (χ2n) is 4.96. The fraction of sp³-hybridized carbons (Fsp3) is 0.900. The van der Waals surface area contributed by atoms with Gasteiger partial charge in [-0.15, -0.1) is 0 Å². The van der Waals surface area contributed by atoms with Crippen molar-refractivity contribution in [3.05, 3.63) is 0 Å². The molecule has 0 aliphatic carbocycles. The van der Waals surface area contributed by atoms with E-state index in [0.29, 0.717) is 17.5 Å². The monoisotopic (exact) mass is 217 g/mol. The molecule has 0 bridgehead atoms. The minimum Gasteiger partial charge on any atom is -0.351 e. The van der Waals surface area contributed by atoms with Gasteiger partial charge in [-0.2, -0.15) is 0 Å². The molecule has 1 fully saturated rings. The van der Waals surface area contributed by atoms with Gasteiger partial charge >= 0.3 is 0 Å². The van der Waals surface area contributed by atoms with Crippen molar-refractivity contribution in [2.75, 3.05) is 5.75 Å². The molecule has 1 nitrogen and oxygen atoms in total. The number of hydrogen-bond donors (Lipinski definition) is 0. The smallest absolute Gasteiger partial charge is 0.136 e. The maximum Gasteiger partial charge on any atom is 0.136 e. The van der Waals surface area contributed by atoms with Gasteiger partial charge in [0.15, 0.2) is 0 Å². The highest BCUT2D eigenvalue weighted by molar-refractivity contribution is 8.23. The lowest BCUT2D eigenvalue weighted by Crippen LogP contribution is -2.45. The Balaban J connectivity index is 2.82. The number of thiocarbonyl (C=S) groups is 1. The van der Waals surface area contributed by atoms with Crippen LogP contribution in [-0.4, -0.2) is 27.1 Å². The Labute approximate surface area is 91.3 Å². The maximum atomic E-state index is 5.35. The fourth-order valence-electron chi connectivity index (χ4n) is 1.67. The lowest BCUT2D eigenvalue weighted by molar-refractivity contribution is 0.171. The van der Waals surface area contributed by atoms with Crippen molar-refractivity contribution in [2.45, 2.75) is 46.7 Å². The summed E-state index contributed by atoms with van der Waals surface area (Å²) in [7, 11) is 0. The van der Waals surface area contributed by atoms with Crippen LogP contribution in [0.1, 0.15) is 34.6 Å². The molecular weight excluding hydrogens is 198 g/mol. The molecule has 0 spiro atoms. The van der Waals surface area contributed by atoms with E-state index in [9.17, 15) is 0 Å². The first-order chi connectivity index (χ1) is 5.84. The summed E-state index contributed by atoms with van der Waals surface area (Å²) in [6.45, 7) is 11.3. The predicted molar refractivity (Wildman–Crippen MR) is 65.3 cm³/mol. The minimum absolute atomic E-state index is 0.331. The topological polar surface area (TPSA) is 3.24 Å². The molecule has 1 heterocycles. The van der Waals surface area contributed by atoms with Gasteiger partial charge in [0.1, 0.15) is 4.32 Å². The molecule has 13 heavy (non-hydrogen) atoms. The minimum atomic E-state index is 0.331. The average molecular weight is 217 g/mol. The molecule has 3 heteroatoms. The molecule has 0 aromatic rings. The van der Waals surface area contributed by atoms with Gasteiger partial charge in [-0.1, -0.05) is 44.8 Å². The quantitative estimate of drug-likeness (QED) is 0.621. The van der Waals surface area contributed by atoms with Crippen molar-refractivity contribution in [3.8, 4) is 0 Å². The van der Waals surface area contributed by atoms with Crippen LogP contribution < -0.4 is 0 Å². The summed E-state index contributed by atoms with van der Waals surface area (Å²) in [6.07, 6.45) is 0. The zero-order chi connectivity index (χ0) is 10.2. The van der Waals surface area contributed by atoms with Crippen LogP contribution in [0.25, 0.3) is 0 Å². The highest BCUT2D eigenvalue weighted by Gasteiger charge is 2.38. The predicted octanol–water partition coefficient (Wildman–Crippen LogP) is 3.14. The van der Waals surface area contributed by atoms with E-state index >= 15 is 0 Å². The Bertz CT molecular complexity index is 205. The number of thioether (sulfide) groups is 1. The molecule has 0 radical (unpaired) electrons. The summed E-state index contributed by atoms with van der Waals surface area (Å²) < 4.78 is 1.08. The normalized spacial score (nSPS) is 24.6. The molecule has 0 aromatic heterocycles.